The van der Waals surface area contributed by atoms with Gasteiger partial charge in [0.05, 0.1) is 17.2 Å². The molecule has 1 fully saturated rings. The van der Waals surface area contributed by atoms with Gasteiger partial charge < -0.3 is 5.11 Å². The third-order valence-corrected chi connectivity index (χ3v) is 3.77. The Kier molecular flexibility index (Phi) is 4.24. The number of benzene rings is 1. The Labute approximate surface area is 117 Å². The summed E-state index contributed by atoms with van der Waals surface area (Å²) in [5.74, 6) is -0.679. The van der Waals surface area contributed by atoms with Crippen LogP contribution in [-0.2, 0) is 12.4 Å². The molecule has 2 rings (SSSR count). The average Bonchev–Trinajstić information content (AvgIpc) is 2.36. The first-order valence-corrected chi connectivity index (χ1v) is 6.56. The van der Waals surface area contributed by atoms with Crippen molar-refractivity contribution in [1.29, 1.82) is 0 Å². The molecule has 1 aliphatic rings. The number of halogens is 6. The lowest BCUT2D eigenvalue weighted by atomic mass is 9.80. The summed E-state index contributed by atoms with van der Waals surface area (Å²) in [4.78, 5) is 0. The smallest absolute Gasteiger partial charge is 0.392 e. The number of hydrogen-bond donors (Lipinski definition) is 1. The third-order valence-electron chi connectivity index (χ3n) is 3.77. The lowest BCUT2D eigenvalue weighted by Gasteiger charge is -2.29. The summed E-state index contributed by atoms with van der Waals surface area (Å²) in [6.45, 7) is 0. The van der Waals surface area contributed by atoms with Gasteiger partial charge in [-0.2, -0.15) is 26.3 Å². The summed E-state index contributed by atoms with van der Waals surface area (Å²) in [5.41, 5.74) is -2.75. The molecule has 0 aromatic heterocycles. The molecule has 0 spiro atoms. The highest BCUT2D eigenvalue weighted by Crippen LogP contribution is 2.40. The quantitative estimate of drug-likeness (QED) is 0.742. The van der Waals surface area contributed by atoms with Gasteiger partial charge in [-0.1, -0.05) is 12.8 Å². The van der Waals surface area contributed by atoms with Crippen molar-refractivity contribution in [2.45, 2.75) is 50.1 Å². The number of rotatable bonds is 1. The standard InChI is InChI=1S/C14H14F6O/c15-13(16,17)9-5-8(6-10(7-9)14(18,19)20)11-3-1-2-4-12(11)21/h5-7,11-12,21H,1-4H2. The minimum atomic E-state index is -4.85. The van der Waals surface area contributed by atoms with E-state index in [0.29, 0.717) is 31.4 Å². The zero-order valence-electron chi connectivity index (χ0n) is 10.9. The SMILES string of the molecule is OC1CCCCC1c1cc(C(F)(F)F)cc(C(F)(F)F)c1. The van der Waals surface area contributed by atoms with Crippen LogP contribution in [0, 0.1) is 0 Å². The van der Waals surface area contributed by atoms with Crippen molar-refractivity contribution in [2.24, 2.45) is 0 Å². The van der Waals surface area contributed by atoms with Crippen LogP contribution < -0.4 is 0 Å². The molecule has 2 unspecified atom stereocenters. The van der Waals surface area contributed by atoms with Gasteiger partial charge in [0.1, 0.15) is 0 Å². The number of aliphatic hydroxyl groups excluding tert-OH is 1. The largest absolute Gasteiger partial charge is 0.416 e. The fourth-order valence-electron chi connectivity index (χ4n) is 2.69. The topological polar surface area (TPSA) is 20.2 Å². The van der Waals surface area contributed by atoms with E-state index in [1.807, 2.05) is 0 Å². The Balaban J connectivity index is 2.49. The maximum atomic E-state index is 12.8. The molecular weight excluding hydrogens is 298 g/mol. The van der Waals surface area contributed by atoms with Crippen molar-refractivity contribution in [3.63, 3.8) is 0 Å². The highest BCUT2D eigenvalue weighted by Gasteiger charge is 2.38. The maximum Gasteiger partial charge on any atom is 0.416 e. The first kappa shape index (κ1) is 16.1. The highest BCUT2D eigenvalue weighted by molar-refractivity contribution is 5.36. The van der Waals surface area contributed by atoms with E-state index in [0.717, 1.165) is 6.42 Å². The molecule has 1 saturated carbocycles. The summed E-state index contributed by atoms with van der Waals surface area (Å²) in [6, 6.07) is 1.54. The fraction of sp³-hybridized carbons (Fsp3) is 0.571. The van der Waals surface area contributed by atoms with Crippen molar-refractivity contribution < 1.29 is 31.4 Å². The van der Waals surface area contributed by atoms with E-state index in [9.17, 15) is 31.4 Å². The lowest BCUT2D eigenvalue weighted by molar-refractivity contribution is -0.143. The van der Waals surface area contributed by atoms with Crippen LogP contribution in [0.25, 0.3) is 0 Å². The van der Waals surface area contributed by atoms with Gasteiger partial charge in [0.25, 0.3) is 0 Å². The van der Waals surface area contributed by atoms with Crippen molar-refractivity contribution in [3.05, 3.63) is 34.9 Å². The second kappa shape index (κ2) is 5.51. The molecule has 118 valence electrons. The molecule has 7 heteroatoms. The zero-order valence-corrected chi connectivity index (χ0v) is 10.9. The molecule has 0 bridgehead atoms. The van der Waals surface area contributed by atoms with Crippen LogP contribution in [0.1, 0.15) is 48.3 Å². The van der Waals surface area contributed by atoms with Crippen molar-refractivity contribution in [3.8, 4) is 0 Å². The molecule has 0 heterocycles. The van der Waals surface area contributed by atoms with Gasteiger partial charge in [-0.05, 0) is 36.6 Å². The Hall–Kier alpha value is -1.24. The molecule has 0 amide bonds. The van der Waals surface area contributed by atoms with Crippen LogP contribution in [0.15, 0.2) is 18.2 Å². The van der Waals surface area contributed by atoms with E-state index in [-0.39, 0.29) is 11.6 Å². The maximum absolute atomic E-state index is 12.8. The Morgan fingerprint density at radius 1 is 0.810 bits per heavy atom. The number of hydrogen-bond acceptors (Lipinski definition) is 1. The van der Waals surface area contributed by atoms with E-state index in [1.165, 1.54) is 0 Å². The zero-order chi connectivity index (χ0) is 15.8. The van der Waals surface area contributed by atoms with Gasteiger partial charge in [0, 0.05) is 5.92 Å². The van der Waals surface area contributed by atoms with Crippen molar-refractivity contribution >= 4 is 0 Å². The van der Waals surface area contributed by atoms with Crippen LogP contribution in [-0.4, -0.2) is 11.2 Å². The number of alkyl halides is 6. The molecule has 0 saturated heterocycles. The first-order valence-electron chi connectivity index (χ1n) is 6.56. The van der Waals surface area contributed by atoms with Gasteiger partial charge >= 0.3 is 12.4 Å². The van der Waals surface area contributed by atoms with E-state index in [1.54, 1.807) is 0 Å². The van der Waals surface area contributed by atoms with Gasteiger partial charge in [-0.3, -0.25) is 0 Å². The summed E-state index contributed by atoms with van der Waals surface area (Å²) in [7, 11) is 0. The summed E-state index contributed by atoms with van der Waals surface area (Å²) < 4.78 is 76.6. The van der Waals surface area contributed by atoms with Crippen LogP contribution in [0.2, 0.25) is 0 Å². The Morgan fingerprint density at radius 2 is 1.29 bits per heavy atom. The summed E-state index contributed by atoms with van der Waals surface area (Å²) >= 11 is 0. The third kappa shape index (κ3) is 3.70. The molecule has 1 N–H and O–H groups in total. The molecule has 0 radical (unpaired) electrons. The van der Waals surface area contributed by atoms with Gasteiger partial charge in [0.15, 0.2) is 0 Å². The van der Waals surface area contributed by atoms with E-state index >= 15 is 0 Å². The van der Waals surface area contributed by atoms with E-state index < -0.39 is 35.5 Å². The summed E-state index contributed by atoms with van der Waals surface area (Å²) in [6.07, 6.45) is -8.42. The Bertz CT molecular complexity index is 473. The van der Waals surface area contributed by atoms with Gasteiger partial charge in [-0.15, -0.1) is 0 Å². The molecule has 1 nitrogen and oxygen atoms in total. The number of aliphatic hydroxyl groups is 1. The first-order chi connectivity index (χ1) is 9.59. The highest BCUT2D eigenvalue weighted by atomic mass is 19.4. The predicted molar refractivity (Wildman–Crippen MR) is 63.7 cm³/mol. The monoisotopic (exact) mass is 312 g/mol. The molecule has 1 aromatic carbocycles. The van der Waals surface area contributed by atoms with Gasteiger partial charge in [-0.25, -0.2) is 0 Å². The summed E-state index contributed by atoms with van der Waals surface area (Å²) in [5, 5.41) is 9.85. The molecule has 1 aromatic rings. The molecule has 1 aliphatic carbocycles. The van der Waals surface area contributed by atoms with Crippen LogP contribution in [0.4, 0.5) is 26.3 Å². The Morgan fingerprint density at radius 3 is 1.71 bits per heavy atom. The lowest BCUT2D eigenvalue weighted by Crippen LogP contribution is -2.23. The average molecular weight is 312 g/mol. The second-order valence-corrected chi connectivity index (χ2v) is 5.30. The molecule has 2 atom stereocenters. The van der Waals surface area contributed by atoms with Crippen molar-refractivity contribution in [1.82, 2.24) is 0 Å². The van der Waals surface area contributed by atoms with E-state index in [4.69, 9.17) is 0 Å². The second-order valence-electron chi connectivity index (χ2n) is 5.30. The molecule has 0 aliphatic heterocycles. The fourth-order valence-corrected chi connectivity index (χ4v) is 2.69. The van der Waals surface area contributed by atoms with Crippen molar-refractivity contribution in [2.75, 3.05) is 0 Å². The normalized spacial score (nSPS) is 24.1. The van der Waals surface area contributed by atoms with Crippen LogP contribution in [0.3, 0.4) is 0 Å². The molecular formula is C14H14F6O. The van der Waals surface area contributed by atoms with Crippen LogP contribution in [0.5, 0.6) is 0 Å². The van der Waals surface area contributed by atoms with E-state index in [2.05, 4.69) is 0 Å². The predicted octanol–water partition coefficient (Wildman–Crippen LogP) is 4.74. The minimum absolute atomic E-state index is 0.0932. The minimum Gasteiger partial charge on any atom is -0.392 e. The van der Waals surface area contributed by atoms with Gasteiger partial charge in [0.2, 0.25) is 0 Å². The molecule has 21 heavy (non-hydrogen) atoms. The van der Waals surface area contributed by atoms with Crippen LogP contribution >= 0.6 is 0 Å².